The molecule has 0 aliphatic heterocycles. The Labute approximate surface area is 109 Å². The van der Waals surface area contributed by atoms with Gasteiger partial charge in [0, 0.05) is 18.8 Å². The lowest BCUT2D eigenvalue weighted by Gasteiger charge is -2.35. The summed E-state index contributed by atoms with van der Waals surface area (Å²) < 4.78 is 6.40. The second kappa shape index (κ2) is 5.34. The second-order valence-electron chi connectivity index (χ2n) is 3.87. The third-order valence-electron chi connectivity index (χ3n) is 2.65. The van der Waals surface area contributed by atoms with Crippen molar-refractivity contribution in [2.75, 3.05) is 11.9 Å². The van der Waals surface area contributed by atoms with Gasteiger partial charge in [-0.05, 0) is 41.8 Å². The molecule has 5 heteroatoms. The Morgan fingerprint density at radius 3 is 3.00 bits per heavy atom. The van der Waals surface area contributed by atoms with Crippen molar-refractivity contribution in [2.24, 2.45) is 0 Å². The fraction of sp³-hybridized carbons (Fsp3) is 0.545. The average Bonchev–Trinajstić information content (AvgIpc) is 2.18. The first-order valence-corrected chi connectivity index (χ1v) is 6.55. The summed E-state index contributed by atoms with van der Waals surface area (Å²) in [6.45, 7) is 2.82. The number of hydrogen-bond acceptors (Lipinski definition) is 3. The summed E-state index contributed by atoms with van der Waals surface area (Å²) in [6, 6.07) is 2.30. The zero-order chi connectivity index (χ0) is 11.5. The third kappa shape index (κ3) is 2.87. The third-order valence-corrected chi connectivity index (χ3v) is 3.46. The van der Waals surface area contributed by atoms with Gasteiger partial charge in [0.15, 0.2) is 0 Å². The quantitative estimate of drug-likeness (QED) is 0.925. The van der Waals surface area contributed by atoms with Crippen LogP contribution in [-0.2, 0) is 4.74 Å². The molecule has 1 saturated carbocycles. The Kier molecular flexibility index (Phi) is 4.05. The molecule has 0 aromatic carbocycles. The smallest absolute Gasteiger partial charge is 0.140 e. The van der Waals surface area contributed by atoms with E-state index in [2.05, 4.69) is 26.2 Å². The van der Waals surface area contributed by atoms with E-state index in [1.54, 1.807) is 6.20 Å². The van der Waals surface area contributed by atoms with E-state index in [9.17, 15) is 0 Å². The summed E-state index contributed by atoms with van der Waals surface area (Å²) in [4.78, 5) is 4.24. The van der Waals surface area contributed by atoms with Crippen molar-refractivity contribution in [3.63, 3.8) is 0 Å². The number of pyridine rings is 1. The summed E-state index contributed by atoms with van der Waals surface area (Å²) in [5.74, 6) is 0.851. The molecule has 1 N–H and O–H groups in total. The van der Waals surface area contributed by atoms with Crippen LogP contribution < -0.4 is 5.32 Å². The van der Waals surface area contributed by atoms with Crippen LogP contribution in [0.4, 0.5) is 5.82 Å². The van der Waals surface area contributed by atoms with Crippen LogP contribution in [0.2, 0.25) is 5.02 Å². The van der Waals surface area contributed by atoms with E-state index in [1.165, 1.54) is 0 Å². The summed E-state index contributed by atoms with van der Waals surface area (Å²) in [7, 11) is 0. The summed E-state index contributed by atoms with van der Waals surface area (Å²) in [6.07, 6.45) is 4.15. The van der Waals surface area contributed by atoms with Crippen molar-refractivity contribution in [3.8, 4) is 0 Å². The maximum absolute atomic E-state index is 5.83. The van der Waals surface area contributed by atoms with Crippen LogP contribution in [0.15, 0.2) is 16.7 Å². The highest BCUT2D eigenvalue weighted by Gasteiger charge is 2.29. The molecule has 0 saturated heterocycles. The topological polar surface area (TPSA) is 34.1 Å². The highest BCUT2D eigenvalue weighted by Crippen LogP contribution is 2.30. The Balaban J connectivity index is 1.87. The number of ether oxygens (including phenoxy) is 1. The standard InChI is InChI=1S/C11H14BrClN2O/c1-2-16-9-4-8(5-9)15-11-10(12)3-7(13)6-14-11/h3,6,8-9H,2,4-5H2,1H3,(H,14,15). The minimum Gasteiger partial charge on any atom is -0.378 e. The zero-order valence-electron chi connectivity index (χ0n) is 9.04. The Morgan fingerprint density at radius 1 is 1.62 bits per heavy atom. The lowest BCUT2D eigenvalue weighted by Crippen LogP contribution is -2.41. The molecule has 2 rings (SSSR count). The van der Waals surface area contributed by atoms with Gasteiger partial charge >= 0.3 is 0 Å². The molecular formula is C11H14BrClN2O. The van der Waals surface area contributed by atoms with Crippen LogP contribution >= 0.6 is 27.5 Å². The molecule has 1 aliphatic rings. The lowest BCUT2D eigenvalue weighted by molar-refractivity contribution is 0.00291. The van der Waals surface area contributed by atoms with Crippen LogP contribution in [0, 0.1) is 0 Å². The lowest BCUT2D eigenvalue weighted by atomic mass is 9.89. The van der Waals surface area contributed by atoms with E-state index in [4.69, 9.17) is 16.3 Å². The van der Waals surface area contributed by atoms with Crippen molar-refractivity contribution in [1.82, 2.24) is 4.98 Å². The van der Waals surface area contributed by atoms with Gasteiger partial charge in [0.2, 0.25) is 0 Å². The van der Waals surface area contributed by atoms with Crippen LogP contribution in [0.1, 0.15) is 19.8 Å². The molecule has 1 aliphatic carbocycles. The Hall–Kier alpha value is -0.320. The van der Waals surface area contributed by atoms with Gasteiger partial charge in [-0.2, -0.15) is 0 Å². The van der Waals surface area contributed by atoms with Gasteiger partial charge in [-0.15, -0.1) is 0 Å². The van der Waals surface area contributed by atoms with E-state index in [-0.39, 0.29) is 0 Å². The molecule has 0 spiro atoms. The predicted molar refractivity (Wildman–Crippen MR) is 69.0 cm³/mol. The normalized spacial score (nSPS) is 23.9. The fourth-order valence-electron chi connectivity index (χ4n) is 1.77. The van der Waals surface area contributed by atoms with E-state index in [0.717, 1.165) is 29.7 Å². The minimum absolute atomic E-state index is 0.411. The first-order valence-electron chi connectivity index (χ1n) is 5.38. The number of halogens is 2. The molecule has 1 aromatic rings. The van der Waals surface area contributed by atoms with Crippen LogP contribution in [0.5, 0.6) is 0 Å². The number of nitrogens with one attached hydrogen (secondary N) is 1. The van der Waals surface area contributed by atoms with Crippen molar-refractivity contribution >= 4 is 33.3 Å². The summed E-state index contributed by atoms with van der Waals surface area (Å²) in [5.41, 5.74) is 0. The largest absolute Gasteiger partial charge is 0.378 e. The van der Waals surface area contributed by atoms with Crippen LogP contribution in [0.25, 0.3) is 0 Å². The highest BCUT2D eigenvalue weighted by atomic mass is 79.9. The molecule has 1 heterocycles. The van der Waals surface area contributed by atoms with Crippen LogP contribution in [-0.4, -0.2) is 23.7 Å². The highest BCUT2D eigenvalue weighted by molar-refractivity contribution is 9.10. The van der Waals surface area contributed by atoms with Gasteiger partial charge in [0.25, 0.3) is 0 Å². The monoisotopic (exact) mass is 304 g/mol. The number of anilines is 1. The molecule has 16 heavy (non-hydrogen) atoms. The van der Waals surface area contributed by atoms with E-state index >= 15 is 0 Å². The summed E-state index contributed by atoms with van der Waals surface area (Å²) in [5, 5.41) is 4.00. The van der Waals surface area contributed by atoms with Crippen molar-refractivity contribution in [1.29, 1.82) is 0 Å². The van der Waals surface area contributed by atoms with Gasteiger partial charge in [-0.25, -0.2) is 4.98 Å². The maximum atomic E-state index is 5.83. The molecule has 1 fully saturated rings. The first kappa shape index (κ1) is 12.1. The van der Waals surface area contributed by atoms with Gasteiger partial charge in [0.1, 0.15) is 5.82 Å². The second-order valence-corrected chi connectivity index (χ2v) is 5.16. The Morgan fingerprint density at radius 2 is 2.38 bits per heavy atom. The first-order chi connectivity index (χ1) is 7.69. The molecule has 0 amide bonds. The molecule has 0 atom stereocenters. The van der Waals surface area contributed by atoms with Crippen molar-refractivity contribution < 1.29 is 4.74 Å². The molecule has 0 radical (unpaired) electrons. The molecular weight excluding hydrogens is 291 g/mol. The fourth-order valence-corrected chi connectivity index (χ4v) is 2.52. The molecule has 3 nitrogen and oxygen atoms in total. The van der Waals surface area contributed by atoms with Gasteiger partial charge in [-0.3, -0.25) is 0 Å². The van der Waals surface area contributed by atoms with Crippen LogP contribution in [0.3, 0.4) is 0 Å². The molecule has 0 bridgehead atoms. The van der Waals surface area contributed by atoms with Crippen molar-refractivity contribution in [3.05, 3.63) is 21.8 Å². The summed E-state index contributed by atoms with van der Waals surface area (Å²) >= 11 is 9.26. The van der Waals surface area contributed by atoms with E-state index in [0.29, 0.717) is 17.2 Å². The number of nitrogens with zero attached hydrogens (tertiary/aromatic N) is 1. The van der Waals surface area contributed by atoms with Gasteiger partial charge in [-0.1, -0.05) is 11.6 Å². The SMILES string of the molecule is CCOC1CC(Nc2ncc(Cl)cc2Br)C1. The number of hydrogen-bond donors (Lipinski definition) is 1. The number of rotatable bonds is 4. The van der Waals surface area contributed by atoms with Gasteiger partial charge < -0.3 is 10.1 Å². The average molecular weight is 306 g/mol. The number of aromatic nitrogens is 1. The molecule has 0 unspecified atom stereocenters. The van der Waals surface area contributed by atoms with Gasteiger partial charge in [0.05, 0.1) is 15.6 Å². The minimum atomic E-state index is 0.411. The van der Waals surface area contributed by atoms with E-state index < -0.39 is 0 Å². The molecule has 1 aromatic heterocycles. The zero-order valence-corrected chi connectivity index (χ0v) is 11.4. The Bertz CT molecular complexity index is 369. The van der Waals surface area contributed by atoms with E-state index in [1.807, 2.05) is 13.0 Å². The molecule has 88 valence electrons. The van der Waals surface area contributed by atoms with Crippen molar-refractivity contribution in [2.45, 2.75) is 31.9 Å². The maximum Gasteiger partial charge on any atom is 0.140 e. The predicted octanol–water partition coefficient (Wildman–Crippen LogP) is 3.48.